The number of hydrogen-bond acceptors (Lipinski definition) is 5. The largest absolute Gasteiger partial charge is 0.493 e. The van der Waals surface area contributed by atoms with Gasteiger partial charge in [0, 0.05) is 31.7 Å². The van der Waals surface area contributed by atoms with Crippen molar-refractivity contribution in [2.45, 2.75) is 44.9 Å². The highest BCUT2D eigenvalue weighted by atomic mass is 16.5. The van der Waals surface area contributed by atoms with Gasteiger partial charge in [0.25, 0.3) is 0 Å². The normalized spacial score (nSPS) is 23.2. The lowest BCUT2D eigenvalue weighted by Crippen LogP contribution is -2.43. The first-order valence-electron chi connectivity index (χ1n) is 8.75. The summed E-state index contributed by atoms with van der Waals surface area (Å²) >= 11 is 0. The Bertz CT molecular complexity index is 577. The van der Waals surface area contributed by atoms with Crippen LogP contribution in [-0.4, -0.2) is 56.0 Å². The predicted octanol–water partition coefficient (Wildman–Crippen LogP) is 2.23. The lowest BCUT2D eigenvalue weighted by atomic mass is 9.84. The molecular weight excluding hydrogens is 322 g/mol. The summed E-state index contributed by atoms with van der Waals surface area (Å²) < 4.78 is 16.1. The van der Waals surface area contributed by atoms with Crippen molar-refractivity contribution in [2.24, 2.45) is 5.92 Å². The van der Waals surface area contributed by atoms with E-state index in [0.29, 0.717) is 43.9 Å². The lowest BCUT2D eigenvalue weighted by Gasteiger charge is -2.34. The second-order valence-electron chi connectivity index (χ2n) is 6.36. The summed E-state index contributed by atoms with van der Waals surface area (Å²) in [5.41, 5.74) is 0.913. The van der Waals surface area contributed by atoms with E-state index in [1.807, 2.05) is 30.0 Å². The van der Waals surface area contributed by atoms with Gasteiger partial charge in [0.15, 0.2) is 11.5 Å². The number of ether oxygens (including phenoxy) is 3. The standard InChI is InChI=1S/C19H29NO5/c1-5-20(12-14-7-6-8-16(23-2)18(14)25-4)19(22)13-9-10-15(21)17(11-13)24-3/h6-8,13,15,17,21H,5,9-12H2,1-4H3/t13-,15+,17-/m1/s1. The van der Waals surface area contributed by atoms with Crippen molar-refractivity contribution >= 4 is 5.91 Å². The molecule has 0 aromatic heterocycles. The van der Waals surface area contributed by atoms with E-state index in [-0.39, 0.29) is 17.9 Å². The number of nitrogens with zero attached hydrogens (tertiary/aromatic N) is 1. The Hall–Kier alpha value is -1.79. The molecule has 2 rings (SSSR count). The number of aliphatic hydroxyl groups is 1. The molecule has 0 saturated heterocycles. The number of amides is 1. The van der Waals surface area contributed by atoms with Gasteiger partial charge in [-0.1, -0.05) is 12.1 Å². The maximum Gasteiger partial charge on any atom is 0.226 e. The van der Waals surface area contributed by atoms with Gasteiger partial charge in [-0.3, -0.25) is 4.79 Å². The molecular formula is C19H29NO5. The Labute approximate surface area is 149 Å². The summed E-state index contributed by atoms with van der Waals surface area (Å²) in [5, 5.41) is 9.95. The first-order chi connectivity index (χ1) is 12.0. The first kappa shape index (κ1) is 19.5. The fourth-order valence-electron chi connectivity index (χ4n) is 3.48. The van der Waals surface area contributed by atoms with E-state index >= 15 is 0 Å². The number of aliphatic hydroxyl groups excluding tert-OH is 1. The summed E-state index contributed by atoms with van der Waals surface area (Å²) in [6, 6.07) is 5.68. The zero-order valence-electron chi connectivity index (χ0n) is 15.5. The molecule has 1 amide bonds. The third-order valence-corrected chi connectivity index (χ3v) is 4.95. The van der Waals surface area contributed by atoms with Crippen LogP contribution in [0.2, 0.25) is 0 Å². The van der Waals surface area contributed by atoms with Crippen molar-refractivity contribution in [3.05, 3.63) is 23.8 Å². The zero-order valence-corrected chi connectivity index (χ0v) is 15.5. The molecule has 140 valence electrons. The number of benzene rings is 1. The molecule has 3 atom stereocenters. The van der Waals surface area contributed by atoms with Crippen LogP contribution in [0.25, 0.3) is 0 Å². The van der Waals surface area contributed by atoms with Crippen LogP contribution in [0.4, 0.5) is 0 Å². The highest BCUT2D eigenvalue weighted by molar-refractivity contribution is 5.79. The Morgan fingerprint density at radius 1 is 1.24 bits per heavy atom. The van der Waals surface area contributed by atoms with Crippen LogP contribution < -0.4 is 9.47 Å². The molecule has 0 unspecified atom stereocenters. The summed E-state index contributed by atoms with van der Waals surface area (Å²) in [6.45, 7) is 3.04. The molecule has 0 heterocycles. The van der Waals surface area contributed by atoms with Crippen molar-refractivity contribution in [1.82, 2.24) is 4.90 Å². The van der Waals surface area contributed by atoms with E-state index in [1.54, 1.807) is 21.3 Å². The second kappa shape index (κ2) is 9.06. The molecule has 1 aliphatic rings. The Balaban J connectivity index is 2.13. The van der Waals surface area contributed by atoms with Gasteiger partial charge < -0.3 is 24.2 Å². The maximum atomic E-state index is 13.0. The fourth-order valence-corrected chi connectivity index (χ4v) is 3.48. The van der Waals surface area contributed by atoms with Gasteiger partial charge in [-0.25, -0.2) is 0 Å². The number of rotatable bonds is 7. The van der Waals surface area contributed by atoms with Crippen molar-refractivity contribution < 1.29 is 24.1 Å². The van der Waals surface area contributed by atoms with E-state index in [9.17, 15) is 9.90 Å². The van der Waals surface area contributed by atoms with Crippen LogP contribution in [0.1, 0.15) is 31.7 Å². The van der Waals surface area contributed by atoms with Gasteiger partial charge in [-0.05, 0) is 32.3 Å². The van der Waals surface area contributed by atoms with Gasteiger partial charge in [-0.2, -0.15) is 0 Å². The van der Waals surface area contributed by atoms with Crippen LogP contribution in [0, 0.1) is 5.92 Å². The van der Waals surface area contributed by atoms with Gasteiger partial charge in [0.1, 0.15) is 0 Å². The molecule has 1 saturated carbocycles. The summed E-state index contributed by atoms with van der Waals surface area (Å²) in [6.07, 6.45) is 1.08. The zero-order chi connectivity index (χ0) is 18.4. The second-order valence-corrected chi connectivity index (χ2v) is 6.36. The van der Waals surface area contributed by atoms with E-state index in [1.165, 1.54) is 0 Å². The molecule has 0 radical (unpaired) electrons. The van der Waals surface area contributed by atoms with E-state index in [4.69, 9.17) is 14.2 Å². The number of methoxy groups -OCH3 is 3. The third-order valence-electron chi connectivity index (χ3n) is 4.95. The quantitative estimate of drug-likeness (QED) is 0.816. The van der Waals surface area contributed by atoms with Crippen molar-refractivity contribution in [2.75, 3.05) is 27.9 Å². The molecule has 1 aromatic rings. The number of para-hydroxylation sites is 1. The molecule has 6 nitrogen and oxygen atoms in total. The minimum Gasteiger partial charge on any atom is -0.493 e. The van der Waals surface area contributed by atoms with Gasteiger partial charge in [0.05, 0.1) is 26.4 Å². The molecule has 25 heavy (non-hydrogen) atoms. The number of carbonyl (C=O) groups is 1. The number of hydrogen-bond donors (Lipinski definition) is 1. The van der Waals surface area contributed by atoms with E-state index < -0.39 is 6.10 Å². The van der Waals surface area contributed by atoms with Crippen LogP contribution >= 0.6 is 0 Å². The van der Waals surface area contributed by atoms with Gasteiger partial charge in [-0.15, -0.1) is 0 Å². The summed E-state index contributed by atoms with van der Waals surface area (Å²) in [7, 11) is 4.78. The fraction of sp³-hybridized carbons (Fsp3) is 0.632. The predicted molar refractivity (Wildman–Crippen MR) is 94.8 cm³/mol. The third kappa shape index (κ3) is 4.44. The minimum absolute atomic E-state index is 0.0984. The molecule has 1 aromatic carbocycles. The van der Waals surface area contributed by atoms with Crippen molar-refractivity contribution in [1.29, 1.82) is 0 Å². The Kier molecular flexibility index (Phi) is 7.08. The molecule has 1 fully saturated rings. The molecule has 1 aliphatic carbocycles. The van der Waals surface area contributed by atoms with E-state index in [2.05, 4.69) is 0 Å². The highest BCUT2D eigenvalue weighted by Gasteiger charge is 2.34. The van der Waals surface area contributed by atoms with Crippen molar-refractivity contribution in [3.8, 4) is 11.5 Å². The Morgan fingerprint density at radius 3 is 2.60 bits per heavy atom. The number of carbonyl (C=O) groups excluding carboxylic acids is 1. The Morgan fingerprint density at radius 2 is 2.00 bits per heavy atom. The van der Waals surface area contributed by atoms with Crippen LogP contribution in [-0.2, 0) is 16.1 Å². The molecule has 0 aliphatic heterocycles. The SMILES string of the molecule is CCN(Cc1cccc(OC)c1OC)C(=O)[C@@H]1CC[C@H](O)[C@H](OC)C1. The van der Waals surface area contributed by atoms with Crippen LogP contribution in [0.15, 0.2) is 18.2 Å². The molecule has 0 bridgehead atoms. The monoisotopic (exact) mass is 351 g/mol. The van der Waals surface area contributed by atoms with Crippen LogP contribution in [0.5, 0.6) is 11.5 Å². The average Bonchev–Trinajstić information content (AvgIpc) is 2.65. The minimum atomic E-state index is -0.484. The van der Waals surface area contributed by atoms with Gasteiger partial charge >= 0.3 is 0 Å². The molecule has 1 N–H and O–H groups in total. The first-order valence-corrected chi connectivity index (χ1v) is 8.75. The summed E-state index contributed by atoms with van der Waals surface area (Å²) in [5.74, 6) is 1.29. The highest BCUT2D eigenvalue weighted by Crippen LogP contribution is 2.33. The topological polar surface area (TPSA) is 68.2 Å². The van der Waals surface area contributed by atoms with Gasteiger partial charge in [0.2, 0.25) is 5.91 Å². The lowest BCUT2D eigenvalue weighted by molar-refractivity contribution is -0.141. The van der Waals surface area contributed by atoms with E-state index in [0.717, 1.165) is 5.56 Å². The summed E-state index contributed by atoms with van der Waals surface area (Å²) in [4.78, 5) is 14.8. The average molecular weight is 351 g/mol. The van der Waals surface area contributed by atoms with Crippen molar-refractivity contribution in [3.63, 3.8) is 0 Å². The molecule has 0 spiro atoms. The smallest absolute Gasteiger partial charge is 0.226 e. The maximum absolute atomic E-state index is 13.0. The molecule has 6 heteroatoms. The van der Waals surface area contributed by atoms with Crippen LogP contribution in [0.3, 0.4) is 0 Å².